The van der Waals surface area contributed by atoms with E-state index in [1.165, 1.54) is 89.9 Å². The molecule has 1 N–H and O–H groups in total. The molecule has 1 saturated carbocycles. The Balaban J connectivity index is 0.000000420. The third kappa shape index (κ3) is 14.7. The van der Waals surface area contributed by atoms with Crippen LogP contribution in [-0.2, 0) is 4.79 Å². The fraction of sp³-hybridized carbons (Fsp3) is 0.800. The van der Waals surface area contributed by atoms with Gasteiger partial charge in [0.2, 0.25) is 0 Å². The standard InChI is InChI=1S/C18H34O2.C7H10/c1-2-3-4-5-6-7-8-9-10-11-12-13-14-15-16-17-18(19)20;1-2-7-4-3-6(1)5-7/h9-10H,2-8,11-17H2,1H3,(H,19,20);1-2,6-7H,3-5H2/b10-9-;. The van der Waals surface area contributed by atoms with Crippen molar-refractivity contribution in [3.8, 4) is 0 Å². The molecule has 2 heteroatoms. The molecule has 2 rings (SSSR count). The minimum absolute atomic E-state index is 0.332. The first-order valence-corrected chi connectivity index (χ1v) is 11.8. The Bertz CT molecular complexity index is 399. The van der Waals surface area contributed by atoms with Crippen LogP contribution in [0.25, 0.3) is 0 Å². The van der Waals surface area contributed by atoms with Crippen LogP contribution < -0.4 is 0 Å². The summed E-state index contributed by atoms with van der Waals surface area (Å²) in [6.07, 6.45) is 30.4. The zero-order valence-electron chi connectivity index (χ0n) is 17.8. The van der Waals surface area contributed by atoms with Crippen LogP contribution in [0.2, 0.25) is 0 Å². The molecule has 0 aromatic rings. The number of allylic oxidation sites excluding steroid dienone is 4. The van der Waals surface area contributed by atoms with Crippen molar-refractivity contribution < 1.29 is 9.90 Å². The van der Waals surface area contributed by atoms with Crippen LogP contribution in [-0.4, -0.2) is 11.1 Å². The van der Waals surface area contributed by atoms with Gasteiger partial charge in [-0.3, -0.25) is 4.79 Å². The SMILES string of the molecule is C1=CC2CCC1C2.CCCCCCCC/C=C\CCCCCCCC(=O)O. The van der Waals surface area contributed by atoms with Crippen molar-refractivity contribution in [2.75, 3.05) is 0 Å². The molecular weight excluding hydrogens is 332 g/mol. The van der Waals surface area contributed by atoms with E-state index in [9.17, 15) is 4.79 Å². The predicted octanol–water partition coefficient (Wildman–Crippen LogP) is 8.08. The van der Waals surface area contributed by atoms with Gasteiger partial charge in [0.1, 0.15) is 0 Å². The van der Waals surface area contributed by atoms with Crippen LogP contribution in [0.4, 0.5) is 0 Å². The summed E-state index contributed by atoms with van der Waals surface area (Å²) in [5.74, 6) is 1.32. The average Bonchev–Trinajstić information content (AvgIpc) is 3.31. The van der Waals surface area contributed by atoms with Crippen molar-refractivity contribution in [2.45, 2.75) is 116 Å². The van der Waals surface area contributed by atoms with E-state index >= 15 is 0 Å². The fourth-order valence-electron chi connectivity index (χ4n) is 4.06. The van der Waals surface area contributed by atoms with Gasteiger partial charge in [-0.1, -0.05) is 82.6 Å². The Morgan fingerprint density at radius 2 is 1.30 bits per heavy atom. The third-order valence-corrected chi connectivity index (χ3v) is 5.82. The van der Waals surface area contributed by atoms with E-state index in [2.05, 4.69) is 31.2 Å². The lowest BCUT2D eigenvalue weighted by Gasteiger charge is -1.99. The van der Waals surface area contributed by atoms with Gasteiger partial charge in [0.05, 0.1) is 0 Å². The maximum Gasteiger partial charge on any atom is 0.303 e. The topological polar surface area (TPSA) is 37.3 Å². The Morgan fingerprint density at radius 3 is 1.70 bits per heavy atom. The molecule has 0 aromatic heterocycles. The van der Waals surface area contributed by atoms with Crippen LogP contribution in [0.1, 0.15) is 116 Å². The number of carbonyl (C=O) groups is 1. The predicted molar refractivity (Wildman–Crippen MR) is 117 cm³/mol. The monoisotopic (exact) mass is 376 g/mol. The molecule has 0 radical (unpaired) electrons. The van der Waals surface area contributed by atoms with E-state index in [0.29, 0.717) is 6.42 Å². The highest BCUT2D eigenvalue weighted by Crippen LogP contribution is 2.38. The van der Waals surface area contributed by atoms with Gasteiger partial charge in [0.25, 0.3) is 0 Å². The molecule has 0 spiro atoms. The van der Waals surface area contributed by atoms with E-state index in [-0.39, 0.29) is 0 Å². The molecule has 0 saturated heterocycles. The number of unbranched alkanes of at least 4 members (excludes halogenated alkanes) is 11. The summed E-state index contributed by atoms with van der Waals surface area (Å²) in [4.78, 5) is 10.3. The molecule has 2 aliphatic rings. The lowest BCUT2D eigenvalue weighted by molar-refractivity contribution is -0.137. The van der Waals surface area contributed by atoms with Crippen molar-refractivity contribution >= 4 is 5.97 Å². The first-order valence-electron chi connectivity index (χ1n) is 11.8. The zero-order valence-corrected chi connectivity index (χ0v) is 17.8. The minimum atomic E-state index is -0.664. The van der Waals surface area contributed by atoms with Crippen LogP contribution in [0, 0.1) is 11.8 Å². The molecule has 2 unspecified atom stereocenters. The molecule has 0 aliphatic heterocycles. The number of carboxylic acid groups (broad SMARTS) is 1. The number of rotatable bonds is 15. The molecule has 2 aliphatic carbocycles. The summed E-state index contributed by atoms with van der Waals surface area (Å²) in [5.41, 5.74) is 0. The zero-order chi connectivity index (χ0) is 19.6. The number of fused-ring (bicyclic) bond motifs is 2. The second-order valence-electron chi connectivity index (χ2n) is 8.45. The Hall–Kier alpha value is -1.05. The second-order valence-corrected chi connectivity index (χ2v) is 8.45. The van der Waals surface area contributed by atoms with Crippen LogP contribution in [0.5, 0.6) is 0 Å². The third-order valence-electron chi connectivity index (χ3n) is 5.82. The molecule has 2 atom stereocenters. The second kappa shape index (κ2) is 17.1. The van der Waals surface area contributed by atoms with Crippen molar-refractivity contribution in [2.24, 2.45) is 11.8 Å². The van der Waals surface area contributed by atoms with Gasteiger partial charge in [0.15, 0.2) is 0 Å². The molecule has 0 amide bonds. The average molecular weight is 377 g/mol. The number of hydrogen-bond acceptors (Lipinski definition) is 1. The summed E-state index contributed by atoms with van der Waals surface area (Å²) in [7, 11) is 0. The van der Waals surface area contributed by atoms with E-state index in [0.717, 1.165) is 24.7 Å². The van der Waals surface area contributed by atoms with Gasteiger partial charge < -0.3 is 5.11 Å². The van der Waals surface area contributed by atoms with Crippen LogP contribution in [0.3, 0.4) is 0 Å². The van der Waals surface area contributed by atoms with Crippen molar-refractivity contribution in [1.82, 2.24) is 0 Å². The first kappa shape index (κ1) is 24.0. The molecule has 0 heterocycles. The maximum absolute atomic E-state index is 10.3. The van der Waals surface area contributed by atoms with E-state index in [4.69, 9.17) is 5.11 Å². The number of hydrogen-bond donors (Lipinski definition) is 1. The Morgan fingerprint density at radius 1 is 0.815 bits per heavy atom. The van der Waals surface area contributed by atoms with E-state index < -0.39 is 5.97 Å². The van der Waals surface area contributed by atoms with Crippen LogP contribution in [0.15, 0.2) is 24.3 Å². The normalized spacial score (nSPS) is 20.2. The molecular formula is C25H44O2. The van der Waals surface area contributed by atoms with Gasteiger partial charge >= 0.3 is 5.97 Å². The van der Waals surface area contributed by atoms with E-state index in [1.807, 2.05) is 0 Å². The summed E-state index contributed by atoms with van der Waals surface area (Å²) < 4.78 is 0. The summed E-state index contributed by atoms with van der Waals surface area (Å²) in [5, 5.41) is 8.51. The van der Waals surface area contributed by atoms with E-state index in [1.54, 1.807) is 0 Å². The summed E-state index contributed by atoms with van der Waals surface area (Å²) >= 11 is 0. The summed E-state index contributed by atoms with van der Waals surface area (Å²) in [6.45, 7) is 2.26. The van der Waals surface area contributed by atoms with Gasteiger partial charge in [-0.2, -0.15) is 0 Å². The quantitative estimate of drug-likeness (QED) is 0.232. The highest BCUT2D eigenvalue weighted by Gasteiger charge is 2.25. The van der Waals surface area contributed by atoms with Crippen molar-refractivity contribution in [1.29, 1.82) is 0 Å². The minimum Gasteiger partial charge on any atom is -0.481 e. The molecule has 156 valence electrons. The lowest BCUT2D eigenvalue weighted by Crippen LogP contribution is -1.93. The molecule has 1 fully saturated rings. The smallest absolute Gasteiger partial charge is 0.303 e. The molecule has 27 heavy (non-hydrogen) atoms. The fourth-order valence-corrected chi connectivity index (χ4v) is 4.06. The van der Waals surface area contributed by atoms with Gasteiger partial charge in [0, 0.05) is 6.42 Å². The first-order chi connectivity index (χ1) is 13.2. The molecule has 0 aromatic carbocycles. The molecule has 2 bridgehead atoms. The summed E-state index contributed by atoms with van der Waals surface area (Å²) in [6, 6.07) is 0. The van der Waals surface area contributed by atoms with Gasteiger partial charge in [-0.15, -0.1) is 0 Å². The van der Waals surface area contributed by atoms with Crippen LogP contribution >= 0.6 is 0 Å². The molecule has 2 nitrogen and oxygen atoms in total. The lowest BCUT2D eigenvalue weighted by atomic mass is 10.1. The number of aliphatic carboxylic acids is 1. The highest BCUT2D eigenvalue weighted by molar-refractivity contribution is 5.66. The van der Waals surface area contributed by atoms with Crippen molar-refractivity contribution in [3.05, 3.63) is 24.3 Å². The van der Waals surface area contributed by atoms with Crippen molar-refractivity contribution in [3.63, 3.8) is 0 Å². The Labute approximate surface area is 168 Å². The van der Waals surface area contributed by atoms with Gasteiger partial charge in [-0.05, 0) is 63.2 Å². The van der Waals surface area contributed by atoms with Gasteiger partial charge in [-0.25, -0.2) is 0 Å². The largest absolute Gasteiger partial charge is 0.481 e. The highest BCUT2D eigenvalue weighted by atomic mass is 16.4. The maximum atomic E-state index is 10.3. The Kier molecular flexibility index (Phi) is 15.2. The number of carboxylic acids is 1.